The van der Waals surface area contributed by atoms with E-state index < -0.39 is 5.97 Å². The number of methoxy groups -OCH3 is 1. The SMILES string of the molecule is COC(=O)C(C#N)=C1c2ccccc2C(=O)c2ccccc21. The van der Waals surface area contributed by atoms with Crippen LogP contribution in [0.25, 0.3) is 5.57 Å². The summed E-state index contributed by atoms with van der Waals surface area (Å²) in [6.07, 6.45) is 0. The number of fused-ring (bicyclic) bond motifs is 2. The Morgan fingerprint density at radius 3 is 1.82 bits per heavy atom. The largest absolute Gasteiger partial charge is 0.465 e. The number of nitriles is 1. The molecule has 2 aromatic carbocycles. The van der Waals surface area contributed by atoms with Gasteiger partial charge in [0.05, 0.1) is 7.11 Å². The van der Waals surface area contributed by atoms with E-state index in [1.54, 1.807) is 48.5 Å². The Morgan fingerprint density at radius 1 is 0.955 bits per heavy atom. The fourth-order valence-electron chi connectivity index (χ4n) is 2.66. The van der Waals surface area contributed by atoms with Gasteiger partial charge in [-0.25, -0.2) is 4.79 Å². The molecule has 3 rings (SSSR count). The van der Waals surface area contributed by atoms with Gasteiger partial charge in [0.25, 0.3) is 0 Å². The molecule has 0 saturated carbocycles. The average Bonchev–Trinajstić information content (AvgIpc) is 2.58. The third-order valence-electron chi connectivity index (χ3n) is 3.63. The number of ketones is 1. The number of nitrogens with zero attached hydrogens (tertiary/aromatic N) is 1. The van der Waals surface area contributed by atoms with Gasteiger partial charge in [0.15, 0.2) is 5.78 Å². The van der Waals surface area contributed by atoms with Crippen LogP contribution in [0.2, 0.25) is 0 Å². The molecule has 0 radical (unpaired) electrons. The van der Waals surface area contributed by atoms with Crippen molar-refractivity contribution in [3.63, 3.8) is 0 Å². The van der Waals surface area contributed by atoms with E-state index in [2.05, 4.69) is 0 Å². The highest BCUT2D eigenvalue weighted by Crippen LogP contribution is 2.37. The molecule has 4 heteroatoms. The Labute approximate surface area is 127 Å². The summed E-state index contributed by atoms with van der Waals surface area (Å²) in [5, 5.41) is 9.40. The molecular formula is C18H11NO3. The van der Waals surface area contributed by atoms with E-state index in [0.717, 1.165) is 0 Å². The van der Waals surface area contributed by atoms with E-state index in [0.29, 0.717) is 27.8 Å². The number of benzene rings is 2. The summed E-state index contributed by atoms with van der Waals surface area (Å²) in [5.74, 6) is -0.825. The van der Waals surface area contributed by atoms with Crippen molar-refractivity contribution in [2.24, 2.45) is 0 Å². The molecule has 0 aromatic heterocycles. The molecule has 0 amide bonds. The summed E-state index contributed by atoms with van der Waals surface area (Å²) in [6.45, 7) is 0. The number of esters is 1. The fraction of sp³-hybridized carbons (Fsp3) is 0.0556. The highest BCUT2D eigenvalue weighted by molar-refractivity contribution is 6.21. The minimum Gasteiger partial charge on any atom is -0.465 e. The van der Waals surface area contributed by atoms with Crippen LogP contribution in [0.1, 0.15) is 27.0 Å². The Kier molecular flexibility index (Phi) is 3.32. The summed E-state index contributed by atoms with van der Waals surface area (Å²) in [6, 6.07) is 15.8. The molecule has 0 fully saturated rings. The molecule has 1 aliphatic carbocycles. The van der Waals surface area contributed by atoms with E-state index in [1.807, 2.05) is 6.07 Å². The van der Waals surface area contributed by atoms with Crippen molar-refractivity contribution < 1.29 is 14.3 Å². The monoisotopic (exact) mass is 289 g/mol. The van der Waals surface area contributed by atoms with Crippen LogP contribution in [0.5, 0.6) is 0 Å². The van der Waals surface area contributed by atoms with Crippen LogP contribution in [-0.2, 0) is 9.53 Å². The highest BCUT2D eigenvalue weighted by Gasteiger charge is 2.30. The van der Waals surface area contributed by atoms with Gasteiger partial charge in [-0.05, 0) is 11.1 Å². The van der Waals surface area contributed by atoms with Gasteiger partial charge in [0.2, 0.25) is 0 Å². The van der Waals surface area contributed by atoms with Crippen molar-refractivity contribution in [2.75, 3.05) is 7.11 Å². The van der Waals surface area contributed by atoms with E-state index in [-0.39, 0.29) is 11.4 Å². The van der Waals surface area contributed by atoms with Gasteiger partial charge in [-0.2, -0.15) is 5.26 Å². The quantitative estimate of drug-likeness (QED) is 0.392. The van der Waals surface area contributed by atoms with Gasteiger partial charge in [-0.3, -0.25) is 4.79 Å². The second-order valence-corrected chi connectivity index (χ2v) is 4.77. The standard InChI is InChI=1S/C18H11NO3/c1-22-18(21)15(10-19)16-11-6-2-4-8-13(11)17(20)14-9-5-3-7-12(14)16/h2-9H,1H3. The molecule has 2 aromatic rings. The van der Waals surface area contributed by atoms with Crippen LogP contribution in [-0.4, -0.2) is 18.9 Å². The molecule has 0 unspecified atom stereocenters. The highest BCUT2D eigenvalue weighted by atomic mass is 16.5. The molecule has 106 valence electrons. The molecule has 22 heavy (non-hydrogen) atoms. The third-order valence-corrected chi connectivity index (χ3v) is 3.63. The van der Waals surface area contributed by atoms with Crippen LogP contribution < -0.4 is 0 Å². The Hall–Kier alpha value is -3.19. The molecule has 0 saturated heterocycles. The Bertz CT molecular complexity index is 820. The summed E-state index contributed by atoms with van der Waals surface area (Å²) >= 11 is 0. The lowest BCUT2D eigenvalue weighted by Crippen LogP contribution is -2.17. The summed E-state index contributed by atoms with van der Waals surface area (Å²) in [5.41, 5.74) is 2.46. The van der Waals surface area contributed by atoms with Crippen molar-refractivity contribution >= 4 is 17.3 Å². The average molecular weight is 289 g/mol. The molecule has 0 atom stereocenters. The normalized spacial score (nSPS) is 12.0. The zero-order chi connectivity index (χ0) is 15.7. The minimum absolute atomic E-state index is 0.102. The predicted molar refractivity (Wildman–Crippen MR) is 80.0 cm³/mol. The summed E-state index contributed by atoms with van der Waals surface area (Å²) in [4.78, 5) is 24.5. The van der Waals surface area contributed by atoms with Gasteiger partial charge >= 0.3 is 5.97 Å². The number of carbonyl (C=O) groups is 2. The van der Waals surface area contributed by atoms with E-state index >= 15 is 0 Å². The second kappa shape index (κ2) is 5.30. The first-order valence-electron chi connectivity index (χ1n) is 6.65. The molecule has 0 spiro atoms. The topological polar surface area (TPSA) is 67.2 Å². The first kappa shape index (κ1) is 13.8. The summed E-state index contributed by atoms with van der Waals surface area (Å²) < 4.78 is 4.71. The molecule has 0 heterocycles. The van der Waals surface area contributed by atoms with Crippen molar-refractivity contribution in [1.29, 1.82) is 5.26 Å². The number of ether oxygens (including phenoxy) is 1. The fourth-order valence-corrected chi connectivity index (χ4v) is 2.66. The maximum atomic E-state index is 12.6. The van der Waals surface area contributed by atoms with Gasteiger partial charge in [0.1, 0.15) is 11.6 Å². The Balaban J connectivity index is 2.44. The van der Waals surface area contributed by atoms with Crippen molar-refractivity contribution in [2.45, 2.75) is 0 Å². The number of carbonyl (C=O) groups excluding carboxylic acids is 2. The van der Waals surface area contributed by atoms with Crippen LogP contribution in [0, 0.1) is 11.3 Å². The number of hydrogen-bond donors (Lipinski definition) is 0. The lowest BCUT2D eigenvalue weighted by atomic mass is 9.79. The first-order valence-corrected chi connectivity index (χ1v) is 6.65. The molecule has 4 nitrogen and oxygen atoms in total. The zero-order valence-corrected chi connectivity index (χ0v) is 11.8. The molecule has 1 aliphatic rings. The van der Waals surface area contributed by atoms with Crippen molar-refractivity contribution in [3.05, 3.63) is 76.4 Å². The molecule has 0 aliphatic heterocycles. The Morgan fingerprint density at radius 2 is 1.41 bits per heavy atom. The van der Waals surface area contributed by atoms with Crippen molar-refractivity contribution in [1.82, 2.24) is 0 Å². The molecule has 0 N–H and O–H groups in total. The van der Waals surface area contributed by atoms with Crippen LogP contribution in [0.4, 0.5) is 0 Å². The van der Waals surface area contributed by atoms with Gasteiger partial charge < -0.3 is 4.74 Å². The zero-order valence-electron chi connectivity index (χ0n) is 11.8. The van der Waals surface area contributed by atoms with Crippen molar-refractivity contribution in [3.8, 4) is 6.07 Å². The number of hydrogen-bond acceptors (Lipinski definition) is 4. The summed E-state index contributed by atoms with van der Waals surface area (Å²) in [7, 11) is 1.23. The smallest absolute Gasteiger partial charge is 0.349 e. The number of rotatable bonds is 1. The first-order chi connectivity index (χ1) is 10.7. The van der Waals surface area contributed by atoms with Gasteiger partial charge in [-0.1, -0.05) is 48.5 Å². The maximum Gasteiger partial charge on any atom is 0.349 e. The predicted octanol–water partition coefficient (Wildman–Crippen LogP) is 2.73. The van der Waals surface area contributed by atoms with E-state index in [4.69, 9.17) is 4.74 Å². The van der Waals surface area contributed by atoms with E-state index in [9.17, 15) is 14.9 Å². The third kappa shape index (κ3) is 1.92. The second-order valence-electron chi connectivity index (χ2n) is 4.77. The lowest BCUT2D eigenvalue weighted by molar-refractivity contribution is -0.135. The van der Waals surface area contributed by atoms with Crippen LogP contribution >= 0.6 is 0 Å². The minimum atomic E-state index is -0.712. The van der Waals surface area contributed by atoms with Gasteiger partial charge in [-0.15, -0.1) is 0 Å². The molecule has 0 bridgehead atoms. The van der Waals surface area contributed by atoms with Crippen LogP contribution in [0.15, 0.2) is 54.1 Å². The van der Waals surface area contributed by atoms with Crippen LogP contribution in [0.3, 0.4) is 0 Å². The maximum absolute atomic E-state index is 12.6. The lowest BCUT2D eigenvalue weighted by Gasteiger charge is -2.22. The molecular weight excluding hydrogens is 278 g/mol. The van der Waals surface area contributed by atoms with Gasteiger partial charge in [0, 0.05) is 16.7 Å². The van der Waals surface area contributed by atoms with E-state index in [1.165, 1.54) is 7.11 Å².